The van der Waals surface area contributed by atoms with E-state index in [2.05, 4.69) is 26.5 Å². The van der Waals surface area contributed by atoms with Gasteiger partial charge in [-0.1, -0.05) is 83.6 Å². The normalized spacial score (nSPS) is 20.1. The van der Waals surface area contributed by atoms with E-state index < -0.39 is 5.54 Å². The Bertz CT molecular complexity index is 649. The molecule has 1 aromatic rings. The van der Waals surface area contributed by atoms with Crippen molar-refractivity contribution in [2.75, 3.05) is 0 Å². The van der Waals surface area contributed by atoms with Gasteiger partial charge in [0.15, 0.2) is 0 Å². The molecule has 189 valence electrons. The number of ether oxygens (including phenoxy) is 1. The molecule has 4 nitrogen and oxygen atoms in total. The average Bonchev–Trinajstić information content (AvgIpc) is 3.15. The van der Waals surface area contributed by atoms with Gasteiger partial charge in [-0.3, -0.25) is 4.79 Å². The van der Waals surface area contributed by atoms with Gasteiger partial charge in [0, 0.05) is 4.75 Å². The second-order valence-electron chi connectivity index (χ2n) is 9.68. The van der Waals surface area contributed by atoms with Crippen molar-refractivity contribution in [1.82, 2.24) is 0 Å². The molecule has 0 saturated heterocycles. The number of esters is 1. The van der Waals surface area contributed by atoms with E-state index in [0.717, 1.165) is 37.6 Å². The van der Waals surface area contributed by atoms with Gasteiger partial charge >= 0.3 is 5.97 Å². The van der Waals surface area contributed by atoms with Crippen LogP contribution >= 0.6 is 12.6 Å². The molecule has 2 rings (SSSR count). The lowest BCUT2D eigenvalue weighted by Crippen LogP contribution is -2.52. The molecule has 1 fully saturated rings. The van der Waals surface area contributed by atoms with E-state index in [1.54, 1.807) is 0 Å². The highest BCUT2D eigenvalue weighted by atomic mass is 32.1. The van der Waals surface area contributed by atoms with E-state index >= 15 is 0 Å². The maximum atomic E-state index is 12.7. The molecule has 0 amide bonds. The van der Waals surface area contributed by atoms with Gasteiger partial charge in [0.25, 0.3) is 7.48 Å². The fourth-order valence-corrected chi connectivity index (χ4v) is 3.54. The molecule has 0 spiro atoms. The topological polar surface area (TPSA) is 61.5 Å². The quantitative estimate of drug-likeness (QED) is 0.165. The monoisotopic (exact) mass is 478 g/mol. The van der Waals surface area contributed by atoms with Gasteiger partial charge < -0.3 is 15.1 Å². The number of nitrogens with two attached hydrogens (primary N) is 1. The average molecular weight is 479 g/mol. The van der Waals surface area contributed by atoms with Crippen LogP contribution in [0.25, 0.3) is 0 Å². The van der Waals surface area contributed by atoms with Crippen molar-refractivity contribution in [2.24, 2.45) is 11.7 Å². The number of thiol groups is 1. The van der Waals surface area contributed by atoms with E-state index in [-0.39, 0.29) is 28.8 Å². The first-order valence-electron chi connectivity index (χ1n) is 12.7. The first-order chi connectivity index (χ1) is 15.5. The van der Waals surface area contributed by atoms with Crippen LogP contribution < -0.4 is 5.73 Å². The minimum atomic E-state index is -0.859. The molecule has 1 saturated carbocycles. The maximum absolute atomic E-state index is 12.7. The largest absolute Gasteiger partial charge is 0.459 e. The first-order valence-corrected chi connectivity index (χ1v) is 13.1. The van der Waals surface area contributed by atoms with Crippen LogP contribution in [-0.4, -0.2) is 29.3 Å². The third-order valence-electron chi connectivity index (χ3n) is 6.19. The minimum absolute atomic E-state index is 0.165. The van der Waals surface area contributed by atoms with Gasteiger partial charge in [0.2, 0.25) is 0 Å². The highest BCUT2D eigenvalue weighted by Gasteiger charge is 2.46. The Morgan fingerprint density at radius 1 is 1.18 bits per heavy atom. The fourth-order valence-electron chi connectivity index (χ4n) is 3.49. The van der Waals surface area contributed by atoms with Crippen LogP contribution in [0.5, 0.6) is 0 Å². The molecular weight excluding hydrogens is 429 g/mol. The zero-order valence-electron chi connectivity index (χ0n) is 22.4. The van der Waals surface area contributed by atoms with Crippen LogP contribution in [0.15, 0.2) is 30.3 Å². The molecule has 2 N–H and O–H groups in total. The highest BCUT2D eigenvalue weighted by Crippen LogP contribution is 2.38. The SMILES string of the molecule is CC.CC(C)(S)C(C)(C)O[B]CCCC1CCCC1(N)C(=O)OCc1ccccc1.CCC. The first kappa shape index (κ1) is 32.0. The zero-order chi connectivity index (χ0) is 25.5. The van der Waals surface area contributed by atoms with Crippen molar-refractivity contribution in [2.45, 2.75) is 123 Å². The standard InChI is InChI=1S/C22H35BNO3S.C3H8.C2H6/c1-20(2,21(3,4)28)27-23-15-9-13-18-12-8-14-22(18,24)19(25)26-16-17-10-6-5-7-11-17;1-3-2;1-2/h5-7,10-11,18,28H,8-9,12-16,24H2,1-4H3;3H2,1-2H3;1-2H3. The number of benzene rings is 1. The predicted molar refractivity (Wildman–Crippen MR) is 146 cm³/mol. The van der Waals surface area contributed by atoms with Crippen LogP contribution in [0.1, 0.15) is 99.5 Å². The molecule has 0 bridgehead atoms. The lowest BCUT2D eigenvalue weighted by atomic mass is 9.80. The number of hydrogen-bond donors (Lipinski definition) is 2. The molecule has 1 aliphatic carbocycles. The molecule has 2 atom stereocenters. The van der Waals surface area contributed by atoms with Crippen molar-refractivity contribution in [3.63, 3.8) is 0 Å². The summed E-state index contributed by atoms with van der Waals surface area (Å²) < 4.78 is 11.2. The van der Waals surface area contributed by atoms with Crippen molar-refractivity contribution in [3.05, 3.63) is 35.9 Å². The molecule has 0 aromatic heterocycles. The van der Waals surface area contributed by atoms with Gasteiger partial charge in [0.1, 0.15) is 12.1 Å². The summed E-state index contributed by atoms with van der Waals surface area (Å²) in [4.78, 5) is 12.7. The summed E-state index contributed by atoms with van der Waals surface area (Å²) >= 11 is 4.61. The second-order valence-corrected chi connectivity index (χ2v) is 10.8. The van der Waals surface area contributed by atoms with Crippen LogP contribution in [0.4, 0.5) is 0 Å². The predicted octanol–water partition coefficient (Wildman–Crippen LogP) is 6.99. The summed E-state index contributed by atoms with van der Waals surface area (Å²) in [5.41, 5.74) is 6.30. The molecule has 1 aliphatic rings. The van der Waals surface area contributed by atoms with Gasteiger partial charge in [-0.05, 0) is 58.4 Å². The molecule has 1 radical (unpaired) electrons. The van der Waals surface area contributed by atoms with Gasteiger partial charge in [-0.15, -0.1) is 0 Å². The van der Waals surface area contributed by atoms with E-state index in [0.29, 0.717) is 6.42 Å². The highest BCUT2D eigenvalue weighted by molar-refractivity contribution is 7.81. The van der Waals surface area contributed by atoms with Crippen LogP contribution in [0, 0.1) is 5.92 Å². The second kappa shape index (κ2) is 15.8. The van der Waals surface area contributed by atoms with Crippen LogP contribution in [0.2, 0.25) is 6.32 Å². The Morgan fingerprint density at radius 2 is 1.76 bits per heavy atom. The number of rotatable bonds is 10. The summed E-state index contributed by atoms with van der Waals surface area (Å²) in [6, 6.07) is 9.73. The summed E-state index contributed by atoms with van der Waals surface area (Å²) in [5.74, 6) is -0.101. The zero-order valence-corrected chi connectivity index (χ0v) is 23.3. The van der Waals surface area contributed by atoms with Crippen LogP contribution in [0.3, 0.4) is 0 Å². The number of carbonyl (C=O) groups excluding carboxylic acids is 1. The third kappa shape index (κ3) is 10.9. The maximum Gasteiger partial charge on any atom is 0.326 e. The van der Waals surface area contributed by atoms with Crippen molar-refractivity contribution >= 4 is 26.1 Å². The Hall–Kier alpha value is -0.975. The van der Waals surface area contributed by atoms with E-state index in [4.69, 9.17) is 15.1 Å². The summed E-state index contributed by atoms with van der Waals surface area (Å²) in [6.07, 6.45) is 6.58. The fraction of sp³-hybridized carbons (Fsp3) is 0.741. The van der Waals surface area contributed by atoms with Crippen molar-refractivity contribution in [1.29, 1.82) is 0 Å². The summed E-state index contributed by atoms with van der Waals surface area (Å²) in [7, 11) is 1.87. The third-order valence-corrected chi connectivity index (χ3v) is 6.73. The molecular formula is C27H49BNO3S. The molecule has 0 heterocycles. The van der Waals surface area contributed by atoms with E-state index in [9.17, 15) is 4.79 Å². The van der Waals surface area contributed by atoms with Crippen LogP contribution in [-0.2, 0) is 20.8 Å². The Labute approximate surface area is 210 Å². The molecule has 0 aliphatic heterocycles. The minimum Gasteiger partial charge on any atom is -0.459 e. The van der Waals surface area contributed by atoms with Crippen molar-refractivity contribution in [3.8, 4) is 0 Å². The summed E-state index contributed by atoms with van der Waals surface area (Å²) in [5, 5.41) is 0. The number of hydrogen-bond acceptors (Lipinski definition) is 5. The summed E-state index contributed by atoms with van der Waals surface area (Å²) in [6.45, 7) is 16.7. The number of carbonyl (C=O) groups is 1. The molecule has 33 heavy (non-hydrogen) atoms. The van der Waals surface area contributed by atoms with Gasteiger partial charge in [0.05, 0.1) is 5.60 Å². The smallest absolute Gasteiger partial charge is 0.326 e. The van der Waals surface area contributed by atoms with E-state index in [1.807, 2.05) is 79.4 Å². The Morgan fingerprint density at radius 3 is 2.30 bits per heavy atom. The molecule has 1 aromatic carbocycles. The van der Waals surface area contributed by atoms with Gasteiger partial charge in [-0.25, -0.2) is 0 Å². The lowest BCUT2D eigenvalue weighted by Gasteiger charge is -2.38. The Balaban J connectivity index is 0.00000189. The van der Waals surface area contributed by atoms with Gasteiger partial charge in [-0.2, -0.15) is 12.6 Å². The van der Waals surface area contributed by atoms with Crippen molar-refractivity contribution < 1.29 is 14.2 Å². The Kier molecular flexibility index (Phi) is 15.4. The van der Waals surface area contributed by atoms with E-state index in [1.165, 1.54) is 6.42 Å². The lowest BCUT2D eigenvalue weighted by molar-refractivity contribution is -0.153. The molecule has 6 heteroatoms. The molecule has 2 unspecified atom stereocenters.